The fourth-order valence-electron chi connectivity index (χ4n) is 4.79. The van der Waals surface area contributed by atoms with Gasteiger partial charge in [0.1, 0.15) is 0 Å². The summed E-state index contributed by atoms with van der Waals surface area (Å²) in [6.07, 6.45) is 6.46. The van der Waals surface area contributed by atoms with Gasteiger partial charge >= 0.3 is 0 Å². The van der Waals surface area contributed by atoms with E-state index < -0.39 is 5.54 Å². The number of halogens is 1. The highest BCUT2D eigenvalue weighted by atomic mass is 35.5. The van der Waals surface area contributed by atoms with Crippen molar-refractivity contribution >= 4 is 34.8 Å². The lowest BCUT2D eigenvalue weighted by Gasteiger charge is -2.37. The predicted octanol–water partition coefficient (Wildman–Crippen LogP) is 3.39. The van der Waals surface area contributed by atoms with E-state index in [2.05, 4.69) is 19.9 Å². The van der Waals surface area contributed by atoms with Crippen LogP contribution in [0.5, 0.6) is 5.88 Å². The van der Waals surface area contributed by atoms with Crippen molar-refractivity contribution in [2.24, 2.45) is 0 Å². The summed E-state index contributed by atoms with van der Waals surface area (Å²) in [5.74, 6) is -0.0618. The van der Waals surface area contributed by atoms with Gasteiger partial charge in [-0.15, -0.1) is 0 Å². The number of rotatable bonds is 4. The topological polar surface area (TPSA) is 91.8 Å². The van der Waals surface area contributed by atoms with Crippen LogP contribution in [0.2, 0.25) is 5.02 Å². The molecule has 2 aliphatic rings. The molecule has 4 heterocycles. The number of pyridine rings is 1. The van der Waals surface area contributed by atoms with Crippen LogP contribution >= 0.6 is 11.6 Å². The van der Waals surface area contributed by atoms with Crippen LogP contribution in [0.15, 0.2) is 49.1 Å². The lowest BCUT2D eigenvalue weighted by Crippen LogP contribution is -2.49. The third-order valence-corrected chi connectivity index (χ3v) is 6.83. The minimum atomic E-state index is -0.571. The number of nitrogens with zero attached hydrogens (tertiary/aromatic N) is 6. The molecule has 0 spiro atoms. The molecule has 0 bridgehead atoms. The van der Waals surface area contributed by atoms with Crippen LogP contribution in [0.3, 0.4) is 0 Å². The summed E-state index contributed by atoms with van der Waals surface area (Å²) < 4.78 is 5.19. The Morgan fingerprint density at radius 1 is 1.03 bits per heavy atom. The first-order valence-electron chi connectivity index (χ1n) is 11.3. The first-order chi connectivity index (χ1) is 16.8. The van der Waals surface area contributed by atoms with E-state index in [-0.39, 0.29) is 23.4 Å². The molecule has 0 atom stereocenters. The molecule has 0 radical (unpaired) electrons. The number of carbonyl (C=O) groups is 2. The van der Waals surface area contributed by atoms with E-state index in [1.807, 2.05) is 26.0 Å². The summed E-state index contributed by atoms with van der Waals surface area (Å²) in [5, 5.41) is 0.602. The monoisotopic (exact) mass is 492 g/mol. The highest BCUT2D eigenvalue weighted by Crippen LogP contribution is 2.43. The summed E-state index contributed by atoms with van der Waals surface area (Å²) >= 11 is 6.22. The van der Waals surface area contributed by atoms with Crippen molar-refractivity contribution in [3.8, 4) is 5.88 Å². The maximum atomic E-state index is 13.3. The van der Waals surface area contributed by atoms with Crippen molar-refractivity contribution in [1.29, 1.82) is 0 Å². The second-order valence-electron chi connectivity index (χ2n) is 8.98. The predicted molar refractivity (Wildman–Crippen MR) is 132 cm³/mol. The zero-order chi connectivity index (χ0) is 24.7. The summed E-state index contributed by atoms with van der Waals surface area (Å²) in [6, 6.07) is 7.35. The summed E-state index contributed by atoms with van der Waals surface area (Å²) in [6.45, 7) is 6.27. The first-order valence-corrected chi connectivity index (χ1v) is 11.7. The number of fused-ring (bicyclic) bond motifs is 1. The van der Waals surface area contributed by atoms with Gasteiger partial charge in [-0.25, -0.2) is 9.97 Å². The molecule has 2 amide bonds. The second kappa shape index (κ2) is 8.81. The summed E-state index contributed by atoms with van der Waals surface area (Å²) in [4.78, 5) is 44.6. The van der Waals surface area contributed by atoms with E-state index >= 15 is 0 Å². The van der Waals surface area contributed by atoms with Crippen molar-refractivity contribution in [2.45, 2.75) is 19.4 Å². The Balaban J connectivity index is 1.34. The lowest BCUT2D eigenvalue weighted by molar-refractivity contribution is 0.0735. The Hall–Kier alpha value is -3.72. The third kappa shape index (κ3) is 3.95. The smallest absolute Gasteiger partial charge is 0.278 e. The van der Waals surface area contributed by atoms with E-state index in [4.69, 9.17) is 16.3 Å². The summed E-state index contributed by atoms with van der Waals surface area (Å²) in [5.41, 5.74) is 2.79. The Morgan fingerprint density at radius 3 is 2.49 bits per heavy atom. The number of piperazine rings is 1. The Labute approximate surface area is 208 Å². The molecule has 2 aliphatic heterocycles. The number of ether oxygens (including phenoxy) is 1. The zero-order valence-corrected chi connectivity index (χ0v) is 20.5. The van der Waals surface area contributed by atoms with Crippen LogP contribution in [0.1, 0.15) is 40.3 Å². The molecule has 0 saturated carbocycles. The number of anilines is 2. The molecule has 35 heavy (non-hydrogen) atoms. The molecule has 2 aromatic heterocycles. The minimum absolute atomic E-state index is 0.0750. The van der Waals surface area contributed by atoms with Crippen LogP contribution in [0.25, 0.3) is 0 Å². The molecule has 0 aliphatic carbocycles. The van der Waals surface area contributed by atoms with Crippen LogP contribution in [0.4, 0.5) is 11.4 Å². The quantitative estimate of drug-likeness (QED) is 0.551. The summed E-state index contributed by atoms with van der Waals surface area (Å²) in [7, 11) is 1.47. The van der Waals surface area contributed by atoms with Crippen LogP contribution in [-0.2, 0) is 5.54 Å². The van der Waals surface area contributed by atoms with Crippen molar-refractivity contribution in [2.75, 3.05) is 43.1 Å². The highest BCUT2D eigenvalue weighted by molar-refractivity contribution is 6.31. The molecule has 9 nitrogen and oxygen atoms in total. The molecule has 5 rings (SSSR count). The van der Waals surface area contributed by atoms with Gasteiger partial charge in [-0.2, -0.15) is 0 Å². The van der Waals surface area contributed by atoms with Gasteiger partial charge in [0.2, 0.25) is 5.88 Å². The van der Waals surface area contributed by atoms with Gasteiger partial charge in [0, 0.05) is 49.2 Å². The van der Waals surface area contributed by atoms with Gasteiger partial charge in [-0.3, -0.25) is 19.5 Å². The Kier molecular flexibility index (Phi) is 5.80. The number of methoxy groups -OCH3 is 1. The van der Waals surface area contributed by atoms with Crippen molar-refractivity contribution in [3.05, 3.63) is 70.9 Å². The highest BCUT2D eigenvalue weighted by Gasteiger charge is 2.44. The molecule has 1 saturated heterocycles. The number of aromatic nitrogens is 3. The number of carbonyl (C=O) groups excluding carboxylic acids is 2. The normalized spacial score (nSPS) is 16.9. The standard InChI is InChI=1S/C25H25ClN6O3/c1-25(2)20-12-16(26)4-5-19(20)23(33)32(25)18-13-17(14-27-15-18)30-8-10-31(11-9-30)24(34)21-22(35-3)29-7-6-28-21/h4-7,12-15H,8-11H2,1-3H3. The van der Waals surface area contributed by atoms with E-state index in [0.29, 0.717) is 42.5 Å². The fourth-order valence-corrected chi connectivity index (χ4v) is 4.97. The molecular formula is C25H25ClN6O3. The van der Waals surface area contributed by atoms with E-state index in [0.717, 1.165) is 11.3 Å². The molecular weight excluding hydrogens is 468 g/mol. The molecule has 3 aromatic rings. The SMILES string of the molecule is COc1nccnc1C(=O)N1CCN(c2cncc(N3C(=O)c4ccc(Cl)cc4C3(C)C)c2)CC1. The van der Waals surface area contributed by atoms with E-state index in [1.54, 1.807) is 34.3 Å². The molecule has 1 fully saturated rings. The maximum Gasteiger partial charge on any atom is 0.278 e. The van der Waals surface area contributed by atoms with Gasteiger partial charge in [-0.1, -0.05) is 11.6 Å². The average molecular weight is 493 g/mol. The fraction of sp³-hybridized carbons (Fsp3) is 0.320. The van der Waals surface area contributed by atoms with Gasteiger partial charge in [0.25, 0.3) is 11.8 Å². The van der Waals surface area contributed by atoms with Crippen molar-refractivity contribution in [3.63, 3.8) is 0 Å². The Bertz CT molecular complexity index is 1310. The molecule has 180 valence electrons. The number of hydrogen-bond acceptors (Lipinski definition) is 7. The van der Waals surface area contributed by atoms with Crippen LogP contribution in [-0.4, -0.2) is 65.0 Å². The minimum Gasteiger partial charge on any atom is -0.479 e. The van der Waals surface area contributed by atoms with Gasteiger partial charge in [0.15, 0.2) is 5.69 Å². The second-order valence-corrected chi connectivity index (χ2v) is 9.42. The number of amides is 2. The maximum absolute atomic E-state index is 13.3. The van der Waals surface area contributed by atoms with E-state index in [1.165, 1.54) is 19.5 Å². The van der Waals surface area contributed by atoms with E-state index in [9.17, 15) is 9.59 Å². The number of hydrogen-bond donors (Lipinski definition) is 0. The van der Waals surface area contributed by atoms with Gasteiger partial charge < -0.3 is 14.5 Å². The largest absolute Gasteiger partial charge is 0.479 e. The lowest BCUT2D eigenvalue weighted by atomic mass is 9.93. The first kappa shape index (κ1) is 23.0. The van der Waals surface area contributed by atoms with Crippen molar-refractivity contribution in [1.82, 2.24) is 19.9 Å². The van der Waals surface area contributed by atoms with Crippen LogP contribution in [0, 0.1) is 0 Å². The molecule has 10 heteroatoms. The third-order valence-electron chi connectivity index (χ3n) is 6.59. The van der Waals surface area contributed by atoms with Crippen molar-refractivity contribution < 1.29 is 14.3 Å². The molecule has 0 unspecified atom stereocenters. The van der Waals surface area contributed by atoms with Gasteiger partial charge in [-0.05, 0) is 43.7 Å². The van der Waals surface area contributed by atoms with Crippen LogP contribution < -0.4 is 14.5 Å². The Morgan fingerprint density at radius 2 is 1.74 bits per heavy atom. The van der Waals surface area contributed by atoms with Gasteiger partial charge in [0.05, 0.1) is 36.4 Å². The zero-order valence-electron chi connectivity index (χ0n) is 19.7. The number of benzene rings is 1. The average Bonchev–Trinajstić information content (AvgIpc) is 3.07. The molecule has 0 N–H and O–H groups in total. The molecule has 1 aromatic carbocycles.